The van der Waals surface area contributed by atoms with E-state index in [9.17, 15) is 24.8 Å². The van der Waals surface area contributed by atoms with Crippen molar-refractivity contribution in [1.29, 1.82) is 0 Å². The minimum absolute atomic E-state index is 0.191. The molecule has 2 amide bonds. The quantitative estimate of drug-likeness (QED) is 0.412. The Balaban J connectivity index is 1.91. The first-order valence-electron chi connectivity index (χ1n) is 9.22. The molecule has 0 radical (unpaired) electrons. The molecule has 0 aromatic heterocycles. The van der Waals surface area contributed by atoms with E-state index in [4.69, 9.17) is 4.74 Å². The number of amides is 2. The van der Waals surface area contributed by atoms with Crippen LogP contribution >= 0.6 is 0 Å². The molecule has 9 heteroatoms. The fraction of sp³-hybridized carbons (Fsp3) is 0.474. The molecular formula is C19H23N3O6. The number of nitrogens with zero attached hydrogens (tertiary/aromatic N) is 1. The fourth-order valence-corrected chi connectivity index (χ4v) is 3.78. The highest BCUT2D eigenvalue weighted by molar-refractivity contribution is 5.95. The first-order valence-corrected chi connectivity index (χ1v) is 9.22. The van der Waals surface area contributed by atoms with Crippen molar-refractivity contribution >= 4 is 17.7 Å². The number of esters is 1. The Kier molecular flexibility index (Phi) is 5.53. The van der Waals surface area contributed by atoms with Crippen molar-refractivity contribution in [3.63, 3.8) is 0 Å². The van der Waals surface area contributed by atoms with Crippen LogP contribution in [-0.4, -0.2) is 28.1 Å². The summed E-state index contributed by atoms with van der Waals surface area (Å²) in [5.74, 6) is -0.582. The standard InChI is InChI=1S/C19H23N3O6/c1-10-4-3-5-13(8-10)28-18(24)16-11(2)20-19(25)21-17(16)12-6-7-15(23)14(9-12)22(26)27/h6-7,9-10,13,17,23H,3-5,8H2,1-2H3,(H2,20,21,25)/t10-,13-,17-/m1/s1. The third kappa shape index (κ3) is 4.08. The highest BCUT2D eigenvalue weighted by Crippen LogP contribution is 2.34. The molecule has 1 saturated carbocycles. The predicted molar refractivity (Wildman–Crippen MR) is 99.4 cm³/mol. The number of hydrogen-bond donors (Lipinski definition) is 3. The first-order chi connectivity index (χ1) is 13.3. The maximum absolute atomic E-state index is 12.9. The van der Waals surface area contributed by atoms with Crippen LogP contribution in [0, 0.1) is 16.0 Å². The van der Waals surface area contributed by atoms with Gasteiger partial charge >= 0.3 is 17.7 Å². The van der Waals surface area contributed by atoms with Gasteiger partial charge in [0.05, 0.1) is 16.5 Å². The molecule has 150 valence electrons. The number of rotatable bonds is 4. The van der Waals surface area contributed by atoms with Crippen LogP contribution < -0.4 is 10.6 Å². The highest BCUT2D eigenvalue weighted by Gasteiger charge is 2.35. The third-order valence-electron chi connectivity index (χ3n) is 5.18. The lowest BCUT2D eigenvalue weighted by atomic mass is 9.88. The fourth-order valence-electron chi connectivity index (χ4n) is 3.78. The summed E-state index contributed by atoms with van der Waals surface area (Å²) >= 11 is 0. The molecule has 0 spiro atoms. The van der Waals surface area contributed by atoms with Gasteiger partial charge in [-0.25, -0.2) is 9.59 Å². The Bertz CT molecular complexity index is 850. The van der Waals surface area contributed by atoms with E-state index in [0.717, 1.165) is 31.7 Å². The second kappa shape index (κ2) is 7.87. The molecule has 0 unspecified atom stereocenters. The van der Waals surface area contributed by atoms with Crippen molar-refractivity contribution in [2.75, 3.05) is 0 Å². The van der Waals surface area contributed by atoms with Crippen molar-refractivity contribution in [3.8, 4) is 5.75 Å². The number of carbonyl (C=O) groups is 2. The number of nitrogens with one attached hydrogen (secondary N) is 2. The molecule has 3 atom stereocenters. The second-order valence-electron chi connectivity index (χ2n) is 7.37. The molecule has 0 bridgehead atoms. The number of urea groups is 1. The van der Waals surface area contributed by atoms with Crippen molar-refractivity contribution in [1.82, 2.24) is 10.6 Å². The van der Waals surface area contributed by atoms with Gasteiger partial charge in [0.2, 0.25) is 0 Å². The summed E-state index contributed by atoms with van der Waals surface area (Å²) in [6.45, 7) is 3.70. The number of hydrogen-bond acceptors (Lipinski definition) is 6. The molecule has 2 aliphatic rings. The summed E-state index contributed by atoms with van der Waals surface area (Å²) in [6, 6.07) is 2.31. The van der Waals surface area contributed by atoms with Crippen LogP contribution in [0.15, 0.2) is 29.5 Å². The first kappa shape index (κ1) is 19.7. The van der Waals surface area contributed by atoms with E-state index in [1.165, 1.54) is 12.1 Å². The maximum atomic E-state index is 12.9. The van der Waals surface area contributed by atoms with Gasteiger partial charge in [-0.15, -0.1) is 0 Å². The third-order valence-corrected chi connectivity index (χ3v) is 5.18. The van der Waals surface area contributed by atoms with E-state index in [0.29, 0.717) is 17.2 Å². The number of carbonyl (C=O) groups excluding carboxylic acids is 2. The number of ether oxygens (including phenoxy) is 1. The number of aromatic hydroxyl groups is 1. The molecule has 1 aromatic carbocycles. The minimum Gasteiger partial charge on any atom is -0.502 e. The maximum Gasteiger partial charge on any atom is 0.338 e. The molecule has 1 aliphatic carbocycles. The van der Waals surface area contributed by atoms with Crippen molar-refractivity contribution < 1.29 is 24.4 Å². The van der Waals surface area contributed by atoms with Crippen LogP contribution in [0.5, 0.6) is 5.75 Å². The molecule has 1 aliphatic heterocycles. The Labute approximate surface area is 161 Å². The molecule has 1 heterocycles. The van der Waals surface area contributed by atoms with E-state index in [-0.39, 0.29) is 11.7 Å². The Hall–Kier alpha value is -3.10. The highest BCUT2D eigenvalue weighted by atomic mass is 16.6. The van der Waals surface area contributed by atoms with E-state index in [1.807, 2.05) is 0 Å². The zero-order valence-electron chi connectivity index (χ0n) is 15.7. The van der Waals surface area contributed by atoms with E-state index >= 15 is 0 Å². The lowest BCUT2D eigenvalue weighted by Gasteiger charge is -2.31. The predicted octanol–water partition coefficient (Wildman–Crippen LogP) is 3.05. The number of phenolic OH excluding ortho intramolecular Hbond substituents is 1. The minimum atomic E-state index is -0.915. The van der Waals surface area contributed by atoms with Crippen molar-refractivity contribution in [3.05, 3.63) is 45.1 Å². The van der Waals surface area contributed by atoms with Crippen molar-refractivity contribution in [2.24, 2.45) is 5.92 Å². The zero-order valence-corrected chi connectivity index (χ0v) is 15.7. The van der Waals surface area contributed by atoms with Gasteiger partial charge < -0.3 is 20.5 Å². The van der Waals surface area contributed by atoms with Gasteiger partial charge in [0, 0.05) is 11.8 Å². The zero-order chi connectivity index (χ0) is 20.4. The Morgan fingerprint density at radius 3 is 2.79 bits per heavy atom. The molecule has 3 N–H and O–H groups in total. The number of benzene rings is 1. The van der Waals surface area contributed by atoms with Crippen molar-refractivity contribution in [2.45, 2.75) is 51.7 Å². The van der Waals surface area contributed by atoms with Gasteiger partial charge in [0.15, 0.2) is 5.75 Å². The van der Waals surface area contributed by atoms with Crippen LogP contribution in [0.25, 0.3) is 0 Å². The summed E-state index contributed by atoms with van der Waals surface area (Å²) < 4.78 is 5.69. The van der Waals surface area contributed by atoms with Gasteiger partial charge in [0.1, 0.15) is 6.10 Å². The van der Waals surface area contributed by atoms with Crippen LogP contribution in [0.4, 0.5) is 10.5 Å². The van der Waals surface area contributed by atoms with Gasteiger partial charge in [-0.3, -0.25) is 10.1 Å². The van der Waals surface area contributed by atoms with E-state index in [2.05, 4.69) is 17.6 Å². The number of nitro benzene ring substituents is 1. The van der Waals surface area contributed by atoms with Crippen LogP contribution in [0.1, 0.15) is 51.1 Å². The smallest absolute Gasteiger partial charge is 0.338 e. The average molecular weight is 389 g/mol. The van der Waals surface area contributed by atoms with E-state index < -0.39 is 34.4 Å². The molecule has 3 rings (SSSR count). The van der Waals surface area contributed by atoms with Crippen LogP contribution in [0.2, 0.25) is 0 Å². The number of allylic oxidation sites excluding steroid dienone is 1. The summed E-state index contributed by atoms with van der Waals surface area (Å²) in [5.41, 5.74) is 0.329. The largest absolute Gasteiger partial charge is 0.502 e. The monoisotopic (exact) mass is 389 g/mol. The number of phenols is 1. The van der Waals surface area contributed by atoms with Gasteiger partial charge in [0.25, 0.3) is 0 Å². The molecule has 1 fully saturated rings. The molecular weight excluding hydrogens is 366 g/mol. The molecule has 1 aromatic rings. The summed E-state index contributed by atoms with van der Waals surface area (Å²) in [5, 5.41) is 26.0. The van der Waals surface area contributed by atoms with Gasteiger partial charge in [-0.1, -0.05) is 19.4 Å². The Morgan fingerprint density at radius 1 is 1.36 bits per heavy atom. The number of nitro groups is 1. The molecule has 28 heavy (non-hydrogen) atoms. The molecule has 0 saturated heterocycles. The average Bonchev–Trinajstić information content (AvgIpc) is 2.61. The molecule has 9 nitrogen and oxygen atoms in total. The summed E-state index contributed by atoms with van der Waals surface area (Å²) in [4.78, 5) is 35.3. The normalized spacial score (nSPS) is 24.9. The lowest BCUT2D eigenvalue weighted by molar-refractivity contribution is -0.385. The Morgan fingerprint density at radius 2 is 2.11 bits per heavy atom. The van der Waals surface area contributed by atoms with Gasteiger partial charge in [-0.05, 0) is 43.7 Å². The van der Waals surface area contributed by atoms with E-state index in [1.54, 1.807) is 6.92 Å². The SMILES string of the molecule is CC1=C(C(=O)O[C@@H]2CCC[C@@H](C)C2)[C@@H](c2ccc(O)c([N+](=O)[O-])c2)NC(=O)N1. The summed E-state index contributed by atoms with van der Waals surface area (Å²) in [6.07, 6.45) is 3.47. The van der Waals surface area contributed by atoms with Crippen LogP contribution in [-0.2, 0) is 9.53 Å². The topological polar surface area (TPSA) is 131 Å². The van der Waals surface area contributed by atoms with Crippen LogP contribution in [0.3, 0.4) is 0 Å². The summed E-state index contributed by atoms with van der Waals surface area (Å²) in [7, 11) is 0. The second-order valence-corrected chi connectivity index (χ2v) is 7.37. The van der Waals surface area contributed by atoms with Gasteiger partial charge in [-0.2, -0.15) is 0 Å². The lowest BCUT2D eigenvalue weighted by Crippen LogP contribution is -2.45.